The van der Waals surface area contributed by atoms with Gasteiger partial charge in [-0.1, -0.05) is 6.07 Å². The summed E-state index contributed by atoms with van der Waals surface area (Å²) in [6, 6.07) is 14.2. The molecule has 0 fully saturated rings. The Labute approximate surface area is 150 Å². The van der Waals surface area contributed by atoms with Gasteiger partial charge in [-0.05, 0) is 67.3 Å². The Bertz CT molecular complexity index is 840. The van der Waals surface area contributed by atoms with Crippen LogP contribution in [0.25, 0.3) is 20.8 Å². The van der Waals surface area contributed by atoms with Crippen molar-refractivity contribution in [3.05, 3.63) is 48.0 Å². The summed E-state index contributed by atoms with van der Waals surface area (Å²) in [5.41, 5.74) is 4.20. The lowest BCUT2D eigenvalue weighted by Gasteiger charge is -2.05. The highest BCUT2D eigenvalue weighted by atomic mass is 32.2. The molecule has 0 radical (unpaired) electrons. The second-order valence-electron chi connectivity index (χ2n) is 5.71. The van der Waals surface area contributed by atoms with Gasteiger partial charge in [0.25, 0.3) is 0 Å². The predicted octanol–water partition coefficient (Wildman–Crippen LogP) is 5.35. The molecule has 0 saturated carbocycles. The summed E-state index contributed by atoms with van der Waals surface area (Å²) in [6.07, 6.45) is 3.54. The maximum atomic E-state index is 11.9. The van der Waals surface area contributed by atoms with Gasteiger partial charge < -0.3 is 5.32 Å². The quantitative estimate of drug-likeness (QED) is 0.605. The number of aromatic nitrogens is 1. The monoisotopic (exact) mass is 356 g/mol. The number of nitrogens with one attached hydrogen (secondary N) is 1. The molecule has 5 heteroatoms. The van der Waals surface area contributed by atoms with E-state index >= 15 is 0 Å². The Morgan fingerprint density at radius 2 is 2.00 bits per heavy atom. The van der Waals surface area contributed by atoms with Crippen LogP contribution in [0.4, 0.5) is 5.69 Å². The first kappa shape index (κ1) is 17.0. The van der Waals surface area contributed by atoms with Crippen LogP contribution in [0.1, 0.15) is 18.4 Å². The number of carbonyl (C=O) groups excluding carboxylic acids is 1. The predicted molar refractivity (Wildman–Crippen MR) is 106 cm³/mol. The average Bonchev–Trinajstić information content (AvgIpc) is 2.99. The number of aryl methyl sites for hydroxylation is 1. The van der Waals surface area contributed by atoms with Crippen molar-refractivity contribution >= 4 is 44.9 Å². The van der Waals surface area contributed by atoms with Gasteiger partial charge in [0.2, 0.25) is 5.91 Å². The normalized spacial score (nSPS) is 10.9. The minimum absolute atomic E-state index is 0.0762. The molecule has 1 aromatic heterocycles. The van der Waals surface area contributed by atoms with Gasteiger partial charge in [-0.3, -0.25) is 4.79 Å². The van der Waals surface area contributed by atoms with E-state index in [4.69, 9.17) is 4.98 Å². The van der Waals surface area contributed by atoms with Crippen molar-refractivity contribution in [1.82, 2.24) is 4.98 Å². The number of carbonyl (C=O) groups is 1. The van der Waals surface area contributed by atoms with Gasteiger partial charge in [-0.15, -0.1) is 11.3 Å². The van der Waals surface area contributed by atoms with Gasteiger partial charge in [0.1, 0.15) is 5.01 Å². The molecule has 1 amide bonds. The van der Waals surface area contributed by atoms with Crippen LogP contribution < -0.4 is 5.32 Å². The number of fused-ring (bicyclic) bond motifs is 1. The SMILES string of the molecule is CSCCCC(=O)Nc1ccc(-c2nc3ccc(C)cc3s2)cc1. The first-order chi connectivity index (χ1) is 11.7. The molecule has 24 heavy (non-hydrogen) atoms. The van der Waals surface area contributed by atoms with E-state index in [1.54, 1.807) is 23.1 Å². The summed E-state index contributed by atoms with van der Waals surface area (Å²) >= 11 is 3.46. The smallest absolute Gasteiger partial charge is 0.224 e. The highest BCUT2D eigenvalue weighted by Gasteiger charge is 2.07. The van der Waals surface area contributed by atoms with Gasteiger partial charge >= 0.3 is 0 Å². The average molecular weight is 357 g/mol. The van der Waals surface area contributed by atoms with Crippen LogP contribution in [0, 0.1) is 6.92 Å². The molecule has 0 aliphatic heterocycles. The molecule has 0 saturated heterocycles. The molecule has 3 nitrogen and oxygen atoms in total. The van der Waals surface area contributed by atoms with E-state index in [9.17, 15) is 4.79 Å². The molecule has 124 valence electrons. The van der Waals surface area contributed by atoms with Gasteiger partial charge in [0.05, 0.1) is 10.2 Å². The van der Waals surface area contributed by atoms with Gasteiger partial charge in [0.15, 0.2) is 0 Å². The number of amides is 1. The number of nitrogens with zero attached hydrogens (tertiary/aromatic N) is 1. The van der Waals surface area contributed by atoms with Crippen LogP contribution in [0.15, 0.2) is 42.5 Å². The summed E-state index contributed by atoms with van der Waals surface area (Å²) < 4.78 is 1.20. The third kappa shape index (κ3) is 4.16. The van der Waals surface area contributed by atoms with Crippen molar-refractivity contribution in [1.29, 1.82) is 0 Å². The second-order valence-corrected chi connectivity index (χ2v) is 7.73. The maximum Gasteiger partial charge on any atom is 0.224 e. The standard InChI is InChI=1S/C19H20N2OS2/c1-13-5-10-16-17(12-13)24-19(21-16)14-6-8-15(9-7-14)20-18(22)4-3-11-23-2/h5-10,12H,3-4,11H2,1-2H3,(H,20,22). The minimum Gasteiger partial charge on any atom is -0.326 e. The Morgan fingerprint density at radius 1 is 1.21 bits per heavy atom. The van der Waals surface area contributed by atoms with Crippen molar-refractivity contribution in [2.24, 2.45) is 0 Å². The molecule has 3 rings (SSSR count). The number of benzene rings is 2. The van der Waals surface area contributed by atoms with E-state index in [-0.39, 0.29) is 5.91 Å². The zero-order valence-corrected chi connectivity index (χ0v) is 15.5. The van der Waals surface area contributed by atoms with Crippen LogP contribution in [-0.4, -0.2) is 22.9 Å². The van der Waals surface area contributed by atoms with E-state index in [1.807, 2.05) is 24.3 Å². The summed E-state index contributed by atoms with van der Waals surface area (Å²) in [5, 5.41) is 3.96. The summed E-state index contributed by atoms with van der Waals surface area (Å²) in [7, 11) is 0. The Kier molecular flexibility index (Phi) is 5.53. The van der Waals surface area contributed by atoms with Crippen molar-refractivity contribution in [3.63, 3.8) is 0 Å². The lowest BCUT2D eigenvalue weighted by molar-refractivity contribution is -0.116. The highest BCUT2D eigenvalue weighted by molar-refractivity contribution is 7.98. The molecule has 0 unspecified atom stereocenters. The highest BCUT2D eigenvalue weighted by Crippen LogP contribution is 2.31. The fraction of sp³-hybridized carbons (Fsp3) is 0.263. The zero-order valence-electron chi connectivity index (χ0n) is 13.8. The fourth-order valence-corrected chi connectivity index (χ4v) is 3.95. The third-order valence-corrected chi connectivity index (χ3v) is 5.48. The number of anilines is 1. The van der Waals surface area contributed by atoms with Gasteiger partial charge in [-0.2, -0.15) is 11.8 Å². The van der Waals surface area contributed by atoms with Crippen LogP contribution in [0.2, 0.25) is 0 Å². The lowest BCUT2D eigenvalue weighted by Crippen LogP contribution is -2.11. The van der Waals surface area contributed by atoms with Gasteiger partial charge in [-0.25, -0.2) is 4.98 Å². The zero-order chi connectivity index (χ0) is 16.9. The summed E-state index contributed by atoms with van der Waals surface area (Å²) in [5.74, 6) is 1.09. The number of thiazole rings is 1. The van der Waals surface area contributed by atoms with Crippen molar-refractivity contribution in [2.45, 2.75) is 19.8 Å². The molecule has 3 aromatic rings. The van der Waals surface area contributed by atoms with Crippen LogP contribution in [0.5, 0.6) is 0 Å². The third-order valence-electron chi connectivity index (χ3n) is 3.71. The fourth-order valence-electron chi connectivity index (χ4n) is 2.45. The van der Waals surface area contributed by atoms with Crippen molar-refractivity contribution in [3.8, 4) is 10.6 Å². The molecule has 1 heterocycles. The first-order valence-electron chi connectivity index (χ1n) is 7.92. The van der Waals surface area contributed by atoms with Crippen LogP contribution >= 0.6 is 23.1 Å². The molecule has 2 aromatic carbocycles. The number of hydrogen-bond donors (Lipinski definition) is 1. The van der Waals surface area contributed by atoms with E-state index in [1.165, 1.54) is 10.3 Å². The first-order valence-corrected chi connectivity index (χ1v) is 10.1. The van der Waals surface area contributed by atoms with E-state index in [2.05, 4.69) is 36.7 Å². The van der Waals surface area contributed by atoms with Crippen LogP contribution in [0.3, 0.4) is 0 Å². The van der Waals surface area contributed by atoms with E-state index in [0.29, 0.717) is 6.42 Å². The van der Waals surface area contributed by atoms with Crippen molar-refractivity contribution < 1.29 is 4.79 Å². The topological polar surface area (TPSA) is 42.0 Å². The molecule has 0 aliphatic rings. The summed E-state index contributed by atoms with van der Waals surface area (Å²) in [4.78, 5) is 16.6. The molecule has 0 atom stereocenters. The van der Waals surface area contributed by atoms with Crippen molar-refractivity contribution in [2.75, 3.05) is 17.3 Å². The molecule has 1 N–H and O–H groups in total. The minimum atomic E-state index is 0.0762. The Hall–Kier alpha value is -1.85. The largest absolute Gasteiger partial charge is 0.326 e. The Balaban J connectivity index is 1.70. The molecule has 0 bridgehead atoms. The number of thioether (sulfide) groups is 1. The summed E-state index contributed by atoms with van der Waals surface area (Å²) in [6.45, 7) is 2.09. The molecular weight excluding hydrogens is 336 g/mol. The Morgan fingerprint density at radius 3 is 2.75 bits per heavy atom. The maximum absolute atomic E-state index is 11.9. The number of rotatable bonds is 6. The molecular formula is C19H20N2OS2. The molecule has 0 aliphatic carbocycles. The van der Waals surface area contributed by atoms with E-state index in [0.717, 1.165) is 33.9 Å². The molecule has 0 spiro atoms. The lowest BCUT2D eigenvalue weighted by atomic mass is 10.2. The number of hydrogen-bond acceptors (Lipinski definition) is 4. The van der Waals surface area contributed by atoms with Crippen LogP contribution in [-0.2, 0) is 4.79 Å². The van der Waals surface area contributed by atoms with Gasteiger partial charge in [0, 0.05) is 17.7 Å². The second kappa shape index (κ2) is 7.81. The van der Waals surface area contributed by atoms with E-state index < -0.39 is 0 Å².